The number of benzene rings is 1. The number of aromatic nitrogens is 1. The van der Waals surface area contributed by atoms with Crippen LogP contribution in [0.5, 0.6) is 0 Å². The summed E-state index contributed by atoms with van der Waals surface area (Å²) in [6, 6.07) is 6.64. The lowest BCUT2D eigenvalue weighted by atomic mass is 9.95. The minimum atomic E-state index is -0.483. The van der Waals surface area contributed by atoms with Crippen molar-refractivity contribution in [2.24, 2.45) is 0 Å². The van der Waals surface area contributed by atoms with E-state index in [0.29, 0.717) is 26.2 Å². The lowest BCUT2D eigenvalue weighted by Gasteiger charge is -2.37. The van der Waals surface area contributed by atoms with Crippen LogP contribution in [0.25, 0.3) is 0 Å². The van der Waals surface area contributed by atoms with Gasteiger partial charge in [0.2, 0.25) is 5.43 Å². The van der Waals surface area contributed by atoms with Gasteiger partial charge in [0.25, 0.3) is 11.8 Å². The molecule has 1 aliphatic heterocycles. The van der Waals surface area contributed by atoms with E-state index in [1.165, 1.54) is 30.3 Å². The normalized spacial score (nSPS) is 17.2. The maximum Gasteiger partial charge on any atom is 0.259 e. The summed E-state index contributed by atoms with van der Waals surface area (Å²) >= 11 is 0. The van der Waals surface area contributed by atoms with Crippen molar-refractivity contribution in [1.82, 2.24) is 14.8 Å². The third kappa shape index (κ3) is 4.82. The van der Waals surface area contributed by atoms with Gasteiger partial charge in [-0.25, -0.2) is 0 Å². The fraction of sp³-hybridized carbons (Fsp3) is 0.500. The molecule has 1 aliphatic carbocycles. The highest BCUT2D eigenvalue weighted by molar-refractivity contribution is 5.99. The molecule has 2 fully saturated rings. The largest absolute Gasteiger partial charge is 0.368 e. The molecule has 0 unspecified atom stereocenters. The Bertz CT molecular complexity index is 1090. The minimum Gasteiger partial charge on any atom is -0.368 e. The van der Waals surface area contributed by atoms with E-state index in [9.17, 15) is 14.4 Å². The van der Waals surface area contributed by atoms with Gasteiger partial charge in [-0.2, -0.15) is 0 Å². The zero-order valence-corrected chi connectivity index (χ0v) is 19.9. The average Bonchev–Trinajstić information content (AvgIpc) is 2.84. The van der Waals surface area contributed by atoms with Crippen LogP contribution >= 0.6 is 0 Å². The van der Waals surface area contributed by atoms with Crippen LogP contribution in [0.1, 0.15) is 70.0 Å². The molecule has 1 saturated heterocycles. The van der Waals surface area contributed by atoms with Gasteiger partial charge >= 0.3 is 0 Å². The number of anilines is 1. The van der Waals surface area contributed by atoms with E-state index in [2.05, 4.69) is 42.3 Å². The first-order valence-electron chi connectivity index (χ1n) is 12.0. The molecule has 7 heteroatoms. The predicted octanol–water partition coefficient (Wildman–Crippen LogP) is 3.29. The van der Waals surface area contributed by atoms with Crippen molar-refractivity contribution in [3.8, 4) is 0 Å². The second kappa shape index (κ2) is 9.81. The van der Waals surface area contributed by atoms with Crippen LogP contribution in [0.4, 0.5) is 5.69 Å². The Kier molecular flexibility index (Phi) is 6.86. The Balaban J connectivity index is 1.57. The number of piperazine rings is 1. The molecule has 1 N–H and O–H groups in total. The number of aryl methyl sites for hydroxylation is 2. The van der Waals surface area contributed by atoms with Crippen LogP contribution in [0.15, 0.2) is 35.4 Å². The summed E-state index contributed by atoms with van der Waals surface area (Å²) in [4.78, 5) is 43.0. The van der Waals surface area contributed by atoms with E-state index in [1.807, 2.05) is 4.57 Å². The molecular formula is C26H34N4O3. The molecule has 0 spiro atoms. The monoisotopic (exact) mass is 450 g/mol. The Morgan fingerprint density at radius 2 is 1.61 bits per heavy atom. The van der Waals surface area contributed by atoms with Crippen molar-refractivity contribution >= 4 is 17.5 Å². The summed E-state index contributed by atoms with van der Waals surface area (Å²) in [6.07, 6.45) is 8.76. The van der Waals surface area contributed by atoms with Crippen LogP contribution in [0.3, 0.4) is 0 Å². The van der Waals surface area contributed by atoms with Gasteiger partial charge in [-0.15, -0.1) is 0 Å². The number of carbonyl (C=O) groups is 2. The Morgan fingerprint density at radius 1 is 0.939 bits per heavy atom. The molecule has 33 heavy (non-hydrogen) atoms. The van der Waals surface area contributed by atoms with Gasteiger partial charge in [-0.3, -0.25) is 14.4 Å². The standard InChI is InChI=1S/C26H34N4O3/c1-18-9-10-23(19(2)15-18)28-11-13-29(14-12-28)26(33)22-17-30(20-7-5-4-6-8-20)16-21(24(22)31)25(32)27-3/h9-10,15-17,20H,4-8,11-14H2,1-3H3,(H,27,32). The van der Waals surface area contributed by atoms with Crippen molar-refractivity contribution in [3.05, 3.63) is 63.1 Å². The fourth-order valence-electron chi connectivity index (χ4n) is 5.12. The first-order chi connectivity index (χ1) is 15.9. The lowest BCUT2D eigenvalue weighted by molar-refractivity contribution is 0.0744. The second-order valence-electron chi connectivity index (χ2n) is 9.30. The average molecular weight is 451 g/mol. The van der Waals surface area contributed by atoms with E-state index >= 15 is 0 Å². The van der Waals surface area contributed by atoms with Crippen molar-refractivity contribution < 1.29 is 9.59 Å². The van der Waals surface area contributed by atoms with Crippen molar-refractivity contribution in [2.45, 2.75) is 52.0 Å². The maximum atomic E-state index is 13.4. The molecule has 2 amide bonds. The third-order valence-corrected chi connectivity index (χ3v) is 7.00. The van der Waals surface area contributed by atoms with Gasteiger partial charge in [-0.05, 0) is 38.3 Å². The smallest absolute Gasteiger partial charge is 0.259 e. The van der Waals surface area contributed by atoms with E-state index in [1.54, 1.807) is 17.3 Å². The maximum absolute atomic E-state index is 13.4. The summed E-state index contributed by atoms with van der Waals surface area (Å²) in [5.41, 5.74) is 3.31. The highest BCUT2D eigenvalue weighted by Gasteiger charge is 2.28. The Hall–Kier alpha value is -3.09. The highest BCUT2D eigenvalue weighted by atomic mass is 16.2. The van der Waals surface area contributed by atoms with Gasteiger partial charge in [0, 0.05) is 57.3 Å². The number of pyridine rings is 1. The number of nitrogens with zero attached hydrogens (tertiary/aromatic N) is 3. The fourth-order valence-corrected chi connectivity index (χ4v) is 5.12. The first kappa shape index (κ1) is 23.1. The van der Waals surface area contributed by atoms with Gasteiger partial charge in [-0.1, -0.05) is 37.0 Å². The highest BCUT2D eigenvalue weighted by Crippen LogP contribution is 2.28. The summed E-state index contributed by atoms with van der Waals surface area (Å²) in [7, 11) is 1.51. The van der Waals surface area contributed by atoms with Crippen LogP contribution in [0, 0.1) is 13.8 Å². The number of hydrogen-bond donors (Lipinski definition) is 1. The second-order valence-corrected chi connectivity index (χ2v) is 9.30. The van der Waals surface area contributed by atoms with Crippen LogP contribution in [0.2, 0.25) is 0 Å². The van der Waals surface area contributed by atoms with E-state index in [4.69, 9.17) is 0 Å². The molecule has 1 aromatic heterocycles. The van der Waals surface area contributed by atoms with Gasteiger partial charge in [0.1, 0.15) is 11.1 Å². The molecule has 4 rings (SSSR count). The molecule has 2 aromatic rings. The van der Waals surface area contributed by atoms with Gasteiger partial charge < -0.3 is 19.7 Å². The lowest BCUT2D eigenvalue weighted by Crippen LogP contribution is -2.50. The predicted molar refractivity (Wildman–Crippen MR) is 130 cm³/mol. The summed E-state index contributed by atoms with van der Waals surface area (Å²) in [6.45, 7) is 6.69. The van der Waals surface area contributed by atoms with Crippen LogP contribution in [-0.2, 0) is 0 Å². The van der Waals surface area contributed by atoms with Crippen molar-refractivity contribution in [2.75, 3.05) is 38.1 Å². The van der Waals surface area contributed by atoms with E-state index in [-0.39, 0.29) is 23.1 Å². The number of hydrogen-bond acceptors (Lipinski definition) is 4. The van der Waals surface area contributed by atoms with Crippen molar-refractivity contribution in [1.29, 1.82) is 0 Å². The van der Waals surface area contributed by atoms with Crippen LogP contribution in [-0.4, -0.2) is 54.5 Å². The molecule has 176 valence electrons. The number of nitrogens with one attached hydrogen (secondary N) is 1. The van der Waals surface area contributed by atoms with Crippen molar-refractivity contribution in [3.63, 3.8) is 0 Å². The summed E-state index contributed by atoms with van der Waals surface area (Å²) < 4.78 is 1.93. The van der Waals surface area contributed by atoms with E-state index in [0.717, 1.165) is 25.7 Å². The molecule has 1 aromatic carbocycles. The number of amides is 2. The summed E-state index contributed by atoms with van der Waals surface area (Å²) in [5.74, 6) is -0.727. The first-order valence-corrected chi connectivity index (χ1v) is 12.0. The molecule has 0 atom stereocenters. The quantitative estimate of drug-likeness (QED) is 0.776. The van der Waals surface area contributed by atoms with Crippen LogP contribution < -0.4 is 15.6 Å². The third-order valence-electron chi connectivity index (χ3n) is 7.00. The molecule has 7 nitrogen and oxygen atoms in total. The zero-order valence-electron chi connectivity index (χ0n) is 19.9. The minimum absolute atomic E-state index is 0.0443. The zero-order chi connectivity index (χ0) is 23.5. The van der Waals surface area contributed by atoms with Gasteiger partial charge in [0.05, 0.1) is 0 Å². The van der Waals surface area contributed by atoms with E-state index < -0.39 is 11.3 Å². The summed E-state index contributed by atoms with van der Waals surface area (Å²) in [5, 5.41) is 2.55. The molecule has 2 heterocycles. The molecular weight excluding hydrogens is 416 g/mol. The molecule has 0 radical (unpaired) electrons. The number of carbonyl (C=O) groups excluding carboxylic acids is 2. The number of rotatable bonds is 4. The SMILES string of the molecule is CNC(=O)c1cn(C2CCCCC2)cc(C(=O)N2CCN(c3ccc(C)cc3C)CC2)c1=O. The molecule has 1 saturated carbocycles. The Labute approximate surface area is 195 Å². The van der Waals surface area contributed by atoms with Gasteiger partial charge in [0.15, 0.2) is 0 Å². The Morgan fingerprint density at radius 3 is 2.24 bits per heavy atom. The molecule has 2 aliphatic rings. The molecule has 0 bridgehead atoms. The topological polar surface area (TPSA) is 74.7 Å².